The summed E-state index contributed by atoms with van der Waals surface area (Å²) in [4.78, 5) is 4.53. The van der Waals surface area contributed by atoms with Crippen LogP contribution in [0.2, 0.25) is 0 Å². The van der Waals surface area contributed by atoms with Gasteiger partial charge in [0.1, 0.15) is 0 Å². The van der Waals surface area contributed by atoms with Crippen molar-refractivity contribution in [3.8, 4) is 0 Å². The molecule has 1 atom stereocenters. The molecular formula is C18H28Cl2F3N3. The molecule has 1 aromatic carbocycles. The predicted molar refractivity (Wildman–Crippen MR) is 105 cm³/mol. The summed E-state index contributed by atoms with van der Waals surface area (Å²) in [6.45, 7) is 5.44. The van der Waals surface area contributed by atoms with Gasteiger partial charge in [-0.25, -0.2) is 0 Å². The maximum absolute atomic E-state index is 12.7. The number of rotatable bonds is 5. The van der Waals surface area contributed by atoms with Crippen LogP contribution >= 0.6 is 24.8 Å². The minimum Gasteiger partial charge on any atom is -0.372 e. The highest BCUT2D eigenvalue weighted by molar-refractivity contribution is 5.85. The van der Waals surface area contributed by atoms with Gasteiger partial charge in [-0.3, -0.25) is 4.90 Å². The molecule has 0 aliphatic carbocycles. The second kappa shape index (κ2) is 10.6. The van der Waals surface area contributed by atoms with Crippen LogP contribution in [-0.4, -0.2) is 50.3 Å². The lowest BCUT2D eigenvalue weighted by molar-refractivity contribution is -0.138. The largest absolute Gasteiger partial charge is 0.389 e. The first-order valence-electron chi connectivity index (χ1n) is 8.89. The van der Waals surface area contributed by atoms with Crippen molar-refractivity contribution in [2.75, 3.05) is 44.2 Å². The van der Waals surface area contributed by atoms with Gasteiger partial charge in [-0.1, -0.05) is 12.1 Å². The van der Waals surface area contributed by atoms with Crippen molar-refractivity contribution in [1.29, 1.82) is 0 Å². The molecule has 2 heterocycles. The monoisotopic (exact) mass is 413 g/mol. The predicted octanol–water partition coefficient (Wildman–Crippen LogP) is 4.42. The molecule has 0 saturated carbocycles. The lowest BCUT2D eigenvalue weighted by atomic mass is 9.99. The highest BCUT2D eigenvalue weighted by atomic mass is 35.5. The number of halogens is 5. The van der Waals surface area contributed by atoms with E-state index >= 15 is 0 Å². The number of alkyl halides is 3. The molecule has 3 nitrogen and oxygen atoms in total. The van der Waals surface area contributed by atoms with Gasteiger partial charge in [0.2, 0.25) is 0 Å². The first kappa shape index (κ1) is 23.3. The maximum Gasteiger partial charge on any atom is 0.389 e. The number of hydrogen-bond acceptors (Lipinski definition) is 3. The van der Waals surface area contributed by atoms with Crippen molar-refractivity contribution in [2.24, 2.45) is 0 Å². The summed E-state index contributed by atoms with van der Waals surface area (Å²) in [5.41, 5.74) is 2.19. The van der Waals surface area contributed by atoms with Crippen LogP contribution < -0.4 is 10.2 Å². The zero-order valence-electron chi connectivity index (χ0n) is 14.8. The van der Waals surface area contributed by atoms with E-state index in [2.05, 4.69) is 27.2 Å². The van der Waals surface area contributed by atoms with Crippen molar-refractivity contribution in [3.63, 3.8) is 0 Å². The van der Waals surface area contributed by atoms with E-state index in [4.69, 9.17) is 0 Å². The van der Waals surface area contributed by atoms with E-state index in [9.17, 15) is 13.2 Å². The maximum atomic E-state index is 12.7. The van der Waals surface area contributed by atoms with Crippen molar-refractivity contribution in [2.45, 2.75) is 37.9 Å². The summed E-state index contributed by atoms with van der Waals surface area (Å²) < 4.78 is 38.2. The Morgan fingerprint density at radius 1 is 0.923 bits per heavy atom. The van der Waals surface area contributed by atoms with Crippen LogP contribution in [0.15, 0.2) is 24.3 Å². The molecule has 2 aliphatic rings. The smallest absolute Gasteiger partial charge is 0.372 e. The van der Waals surface area contributed by atoms with Crippen molar-refractivity contribution < 1.29 is 13.2 Å². The summed E-state index contributed by atoms with van der Waals surface area (Å²) in [5.74, 6) is 0. The van der Waals surface area contributed by atoms with E-state index in [0.29, 0.717) is 0 Å². The molecule has 8 heteroatoms. The summed E-state index contributed by atoms with van der Waals surface area (Å²) in [5, 5.41) is 3.27. The van der Waals surface area contributed by atoms with Gasteiger partial charge in [0, 0.05) is 57.4 Å². The third kappa shape index (κ3) is 6.48. The molecule has 0 bridgehead atoms. The normalized spacial score (nSPS) is 19.6. The van der Waals surface area contributed by atoms with Gasteiger partial charge in [-0.2, -0.15) is 13.2 Å². The van der Waals surface area contributed by atoms with Crippen molar-refractivity contribution in [3.05, 3.63) is 29.8 Å². The summed E-state index contributed by atoms with van der Waals surface area (Å²) in [7, 11) is 0. The van der Waals surface area contributed by atoms with Crippen LogP contribution in [0.1, 0.15) is 37.3 Å². The molecule has 1 N–H and O–H groups in total. The minimum atomic E-state index is -4.10. The first-order valence-corrected chi connectivity index (χ1v) is 8.89. The molecule has 2 fully saturated rings. The van der Waals surface area contributed by atoms with Gasteiger partial charge < -0.3 is 10.2 Å². The molecule has 0 aromatic heterocycles. The third-order valence-electron chi connectivity index (χ3n) is 5.04. The van der Waals surface area contributed by atoms with Crippen LogP contribution in [0.3, 0.4) is 0 Å². The molecule has 0 unspecified atom stereocenters. The quantitative estimate of drug-likeness (QED) is 0.770. The second-order valence-corrected chi connectivity index (χ2v) is 6.74. The number of piperazine rings is 1. The summed E-state index contributed by atoms with van der Waals surface area (Å²) in [6.07, 6.45) is -2.25. The number of nitrogens with zero attached hydrogens (tertiary/aromatic N) is 2. The molecule has 2 saturated heterocycles. The van der Waals surface area contributed by atoms with Gasteiger partial charge in [0.05, 0.1) is 0 Å². The van der Waals surface area contributed by atoms with Crippen molar-refractivity contribution in [1.82, 2.24) is 10.2 Å². The topological polar surface area (TPSA) is 18.5 Å². The number of hydrogen-bond donors (Lipinski definition) is 1. The SMILES string of the molecule is Cl.Cl.FC(F)(F)CC[C@@H](c1ccc(N2CCCC2)cc1)N1CCNCC1. The Morgan fingerprint density at radius 3 is 2.04 bits per heavy atom. The molecule has 0 radical (unpaired) electrons. The van der Waals surface area contributed by atoms with Gasteiger partial charge in [0.15, 0.2) is 0 Å². The standard InChI is InChI=1S/C18H26F3N3.2ClH/c19-18(20,21)8-7-17(24-13-9-22-10-14-24)15-3-5-16(6-4-15)23-11-1-2-12-23;;/h3-6,17,22H,1-2,7-14H2;2*1H/t17-;;/m0../s1. The third-order valence-corrected chi connectivity index (χ3v) is 5.04. The van der Waals surface area contributed by atoms with E-state index in [-0.39, 0.29) is 37.3 Å². The van der Waals surface area contributed by atoms with Crippen LogP contribution in [-0.2, 0) is 0 Å². The van der Waals surface area contributed by atoms with E-state index in [1.165, 1.54) is 18.5 Å². The van der Waals surface area contributed by atoms with E-state index in [1.54, 1.807) is 0 Å². The molecule has 3 rings (SSSR count). The van der Waals surface area contributed by atoms with Crippen LogP contribution in [0.25, 0.3) is 0 Å². The van der Waals surface area contributed by atoms with Gasteiger partial charge in [0.25, 0.3) is 0 Å². The summed E-state index contributed by atoms with van der Waals surface area (Å²) in [6, 6.07) is 8.04. The Labute approximate surface area is 166 Å². The van der Waals surface area contributed by atoms with Gasteiger partial charge in [-0.15, -0.1) is 24.8 Å². The fourth-order valence-corrected chi connectivity index (χ4v) is 3.74. The van der Waals surface area contributed by atoms with E-state index < -0.39 is 12.6 Å². The molecule has 150 valence electrons. The average Bonchev–Trinajstić information content (AvgIpc) is 3.10. The van der Waals surface area contributed by atoms with Crippen molar-refractivity contribution >= 4 is 30.5 Å². The Morgan fingerprint density at radius 2 is 1.50 bits per heavy atom. The molecule has 2 aliphatic heterocycles. The Balaban J connectivity index is 0.00000169. The number of benzene rings is 1. The van der Waals surface area contributed by atoms with Gasteiger partial charge >= 0.3 is 6.18 Å². The average molecular weight is 414 g/mol. The van der Waals surface area contributed by atoms with E-state index in [0.717, 1.165) is 44.8 Å². The summed E-state index contributed by atoms with van der Waals surface area (Å²) >= 11 is 0. The Hall–Kier alpha value is -0.690. The molecule has 1 aromatic rings. The number of anilines is 1. The lowest BCUT2D eigenvalue weighted by Crippen LogP contribution is -2.45. The van der Waals surface area contributed by atoms with E-state index in [1.807, 2.05) is 12.1 Å². The molecule has 0 amide bonds. The minimum absolute atomic E-state index is 0. The highest BCUT2D eigenvalue weighted by Crippen LogP contribution is 2.33. The molecule has 0 spiro atoms. The first-order chi connectivity index (χ1) is 11.5. The highest BCUT2D eigenvalue weighted by Gasteiger charge is 2.31. The zero-order valence-corrected chi connectivity index (χ0v) is 16.4. The molecular weight excluding hydrogens is 386 g/mol. The number of nitrogens with one attached hydrogen (secondary N) is 1. The Bertz CT molecular complexity index is 513. The van der Waals surface area contributed by atoms with Crippen LogP contribution in [0.5, 0.6) is 0 Å². The fourth-order valence-electron chi connectivity index (χ4n) is 3.74. The zero-order chi connectivity index (χ0) is 17.0. The van der Waals surface area contributed by atoms with Crippen LogP contribution in [0, 0.1) is 0 Å². The second-order valence-electron chi connectivity index (χ2n) is 6.74. The molecule has 26 heavy (non-hydrogen) atoms. The van der Waals surface area contributed by atoms with Gasteiger partial charge in [-0.05, 0) is 37.0 Å². The lowest BCUT2D eigenvalue weighted by Gasteiger charge is -2.35. The van der Waals surface area contributed by atoms with Crippen LogP contribution in [0.4, 0.5) is 18.9 Å². The fraction of sp³-hybridized carbons (Fsp3) is 0.667. The Kier molecular flexibility index (Phi) is 9.51.